The molecule has 0 radical (unpaired) electrons. The molecule has 272 valence electrons. The number of hydrogen-bond donors (Lipinski definition) is 3. The molecule has 0 aromatic heterocycles. The Kier molecular flexibility index (Phi) is 9.85. The summed E-state index contributed by atoms with van der Waals surface area (Å²) in [7, 11) is 1.33. The Bertz CT molecular complexity index is 1840. The lowest BCUT2D eigenvalue weighted by molar-refractivity contribution is -0.293. The van der Waals surface area contributed by atoms with E-state index in [1.165, 1.54) is 32.2 Å². The number of methoxy groups -OCH3 is 1. The molecule has 2 aromatic carbocycles. The second-order valence-corrected chi connectivity index (χ2v) is 13.3. The van der Waals surface area contributed by atoms with Crippen LogP contribution in [0.25, 0.3) is 10.4 Å². The molecule has 0 unspecified atom stereocenters. The third kappa shape index (κ3) is 6.43. The minimum absolute atomic E-state index is 0.0466. The van der Waals surface area contributed by atoms with Crippen LogP contribution >= 0.6 is 0 Å². The maximum absolute atomic E-state index is 13.9. The van der Waals surface area contributed by atoms with Gasteiger partial charge in [0, 0.05) is 54.2 Å². The predicted octanol–water partition coefficient (Wildman–Crippen LogP) is 3.86. The molecule has 2 fully saturated rings. The van der Waals surface area contributed by atoms with E-state index in [1.807, 2.05) is 0 Å². The van der Waals surface area contributed by atoms with Crippen molar-refractivity contribution in [2.75, 3.05) is 7.11 Å². The molecule has 0 amide bonds. The number of phenolic OH excluding ortho intramolecular Hbond substituents is 2. The number of aromatic hydroxyl groups is 2. The van der Waals surface area contributed by atoms with E-state index in [9.17, 15) is 40.0 Å². The van der Waals surface area contributed by atoms with Gasteiger partial charge in [-0.2, -0.15) is 0 Å². The van der Waals surface area contributed by atoms with Crippen LogP contribution in [0.5, 0.6) is 17.2 Å². The summed E-state index contributed by atoms with van der Waals surface area (Å²) < 4.78 is 35.3. The molecular weight excluding hydrogens is 670 g/mol. The van der Waals surface area contributed by atoms with Gasteiger partial charge in [0.25, 0.3) is 0 Å². The number of benzene rings is 2. The van der Waals surface area contributed by atoms with Crippen molar-refractivity contribution >= 4 is 23.3 Å². The molecule has 16 nitrogen and oxygen atoms in total. The average Bonchev–Trinajstić information content (AvgIpc) is 3.07. The average molecular weight is 710 g/mol. The first-order valence-electron chi connectivity index (χ1n) is 16.6. The Morgan fingerprint density at radius 2 is 1.69 bits per heavy atom. The molecule has 2 heterocycles. The molecule has 2 saturated heterocycles. The number of aliphatic hydroxyl groups is 1. The van der Waals surface area contributed by atoms with Gasteiger partial charge >= 0.3 is 5.97 Å². The Hall–Kier alpha value is -4.57. The van der Waals surface area contributed by atoms with Crippen molar-refractivity contribution in [1.29, 1.82) is 0 Å². The maximum Gasteiger partial charge on any atom is 0.302 e. The van der Waals surface area contributed by atoms with Crippen LogP contribution in [0.1, 0.15) is 102 Å². The highest BCUT2D eigenvalue weighted by Crippen LogP contribution is 2.52. The number of nitrogens with zero attached hydrogens (tertiary/aromatic N) is 3. The summed E-state index contributed by atoms with van der Waals surface area (Å²) in [6, 6.07) is 3.55. The molecule has 16 heteroatoms. The Labute approximate surface area is 292 Å². The standard InChI is InChI=1S/C35H39N3O13/c1-14-21(49-17(4)40)9-10-24(47-14)51-34-15(2)48-25(11-20(34)37-38-36)50-23-13-35(45,16(3)39)12-19-27(23)33(44)29-28(31(19)42)30(41)18-7-6-8-22(46-5)26(18)32(29)43/h6-8,14-15,20-21,23-25,34,42,44-45H,9-13H2,1-5H3/t14-,15-,20-,21+,23-,24-,25-,34+,35-/m0/s1. The number of esters is 1. The summed E-state index contributed by atoms with van der Waals surface area (Å²) in [6.07, 6.45) is -5.74. The third-order valence-corrected chi connectivity index (χ3v) is 10.1. The molecule has 6 rings (SSSR count). The fraction of sp³-hybridized carbons (Fsp3) is 0.543. The summed E-state index contributed by atoms with van der Waals surface area (Å²) in [5.41, 5.74) is 6.04. The number of carbonyl (C=O) groups is 4. The molecule has 0 spiro atoms. The summed E-state index contributed by atoms with van der Waals surface area (Å²) in [5, 5.41) is 38.8. The molecule has 2 aromatic rings. The molecular formula is C35H39N3O13. The second-order valence-electron chi connectivity index (χ2n) is 13.3. The highest BCUT2D eigenvalue weighted by atomic mass is 16.7. The molecule has 0 bridgehead atoms. The van der Waals surface area contributed by atoms with Gasteiger partial charge in [0.05, 0.1) is 54.3 Å². The van der Waals surface area contributed by atoms with Crippen molar-refractivity contribution in [2.45, 2.75) is 115 Å². The SMILES string of the molecule is COc1cccc2c1C(=O)c1c(O)c3c(c(O)c1C2=O)C[C@@](O)(C(C)=O)C[C@@H]3O[C@H]1C[C@H](N=[N+]=[N-])[C@H](O[C@H]2CC[C@@H](OC(C)=O)[C@H](C)O2)[C@H](C)O1. The Morgan fingerprint density at radius 1 is 0.980 bits per heavy atom. The molecule has 0 saturated carbocycles. The first kappa shape index (κ1) is 36.2. The Balaban J connectivity index is 1.31. The van der Waals surface area contributed by atoms with Gasteiger partial charge in [-0.05, 0) is 38.8 Å². The van der Waals surface area contributed by atoms with E-state index in [2.05, 4.69) is 10.0 Å². The molecule has 9 atom stereocenters. The summed E-state index contributed by atoms with van der Waals surface area (Å²) in [4.78, 5) is 54.8. The number of phenols is 2. The first-order valence-corrected chi connectivity index (χ1v) is 16.6. The number of azide groups is 1. The fourth-order valence-corrected chi connectivity index (χ4v) is 7.54. The van der Waals surface area contributed by atoms with E-state index in [1.54, 1.807) is 13.8 Å². The number of Topliss-reactive ketones (excluding diaryl/α,β-unsaturated/α-hetero) is 1. The maximum atomic E-state index is 13.9. The summed E-state index contributed by atoms with van der Waals surface area (Å²) in [6.45, 7) is 5.91. The number of fused-ring (bicyclic) bond motifs is 3. The molecule has 51 heavy (non-hydrogen) atoms. The van der Waals surface area contributed by atoms with Gasteiger partial charge in [0.1, 0.15) is 29.0 Å². The highest BCUT2D eigenvalue weighted by molar-refractivity contribution is 6.31. The van der Waals surface area contributed by atoms with Crippen molar-refractivity contribution in [3.05, 3.63) is 62.0 Å². The number of rotatable bonds is 8. The fourth-order valence-electron chi connectivity index (χ4n) is 7.54. The van der Waals surface area contributed by atoms with Crippen LogP contribution in [0, 0.1) is 0 Å². The van der Waals surface area contributed by atoms with E-state index in [0.717, 1.165) is 6.92 Å². The Morgan fingerprint density at radius 3 is 2.33 bits per heavy atom. The lowest BCUT2D eigenvalue weighted by Gasteiger charge is -2.44. The number of ether oxygens (including phenoxy) is 6. The van der Waals surface area contributed by atoms with E-state index in [-0.39, 0.29) is 34.4 Å². The van der Waals surface area contributed by atoms with Gasteiger partial charge in [-0.15, -0.1) is 0 Å². The number of ketones is 3. The predicted molar refractivity (Wildman–Crippen MR) is 173 cm³/mol. The van der Waals surface area contributed by atoms with Gasteiger partial charge in [-0.1, -0.05) is 17.2 Å². The zero-order valence-electron chi connectivity index (χ0n) is 28.7. The first-order chi connectivity index (χ1) is 24.2. The smallest absolute Gasteiger partial charge is 0.302 e. The molecule has 4 aliphatic rings. The van der Waals surface area contributed by atoms with Crippen LogP contribution in [-0.4, -0.2) is 94.4 Å². The largest absolute Gasteiger partial charge is 0.507 e. The zero-order chi connectivity index (χ0) is 36.9. The molecule has 2 aliphatic carbocycles. The van der Waals surface area contributed by atoms with Crippen molar-refractivity contribution in [1.82, 2.24) is 0 Å². The minimum atomic E-state index is -2.09. The normalized spacial score (nSPS) is 31.4. The van der Waals surface area contributed by atoms with Gasteiger partial charge in [0.2, 0.25) is 5.78 Å². The molecule has 2 aliphatic heterocycles. The van der Waals surface area contributed by atoms with Crippen LogP contribution in [0.15, 0.2) is 23.3 Å². The van der Waals surface area contributed by atoms with Gasteiger partial charge in [0.15, 0.2) is 24.1 Å². The number of carbonyl (C=O) groups excluding carboxylic acids is 4. The van der Waals surface area contributed by atoms with E-state index < -0.39 is 114 Å². The van der Waals surface area contributed by atoms with Crippen molar-refractivity contribution in [2.24, 2.45) is 5.11 Å². The highest BCUT2D eigenvalue weighted by Gasteiger charge is 2.50. The summed E-state index contributed by atoms with van der Waals surface area (Å²) in [5.74, 6) is -3.85. The number of hydrogen-bond acceptors (Lipinski definition) is 14. The monoisotopic (exact) mass is 709 g/mol. The van der Waals surface area contributed by atoms with E-state index >= 15 is 0 Å². The lowest BCUT2D eigenvalue weighted by atomic mass is 9.72. The van der Waals surface area contributed by atoms with Crippen LogP contribution < -0.4 is 4.74 Å². The van der Waals surface area contributed by atoms with Crippen molar-refractivity contribution in [3.63, 3.8) is 0 Å². The van der Waals surface area contributed by atoms with Crippen molar-refractivity contribution < 1.29 is 62.9 Å². The van der Waals surface area contributed by atoms with Crippen LogP contribution in [-0.2, 0) is 39.7 Å². The third-order valence-electron chi connectivity index (χ3n) is 10.1. The summed E-state index contributed by atoms with van der Waals surface area (Å²) >= 11 is 0. The minimum Gasteiger partial charge on any atom is -0.507 e. The zero-order valence-corrected chi connectivity index (χ0v) is 28.7. The quantitative estimate of drug-likeness (QED) is 0.0992. The van der Waals surface area contributed by atoms with Crippen molar-refractivity contribution in [3.8, 4) is 17.2 Å². The van der Waals surface area contributed by atoms with Gasteiger partial charge in [-0.3, -0.25) is 19.2 Å². The lowest BCUT2D eigenvalue weighted by Crippen LogP contribution is -2.52. The topological polar surface area (TPSA) is 233 Å². The second kappa shape index (κ2) is 13.9. The molecule has 3 N–H and O–H groups in total. The van der Waals surface area contributed by atoms with E-state index in [4.69, 9.17) is 28.4 Å². The van der Waals surface area contributed by atoms with Crippen LogP contribution in [0.2, 0.25) is 0 Å². The van der Waals surface area contributed by atoms with Crippen LogP contribution in [0.4, 0.5) is 0 Å². The van der Waals surface area contributed by atoms with E-state index in [0.29, 0.717) is 12.8 Å². The van der Waals surface area contributed by atoms with Crippen LogP contribution in [0.3, 0.4) is 0 Å². The van der Waals surface area contributed by atoms with Gasteiger partial charge in [-0.25, -0.2) is 0 Å². The van der Waals surface area contributed by atoms with Gasteiger partial charge < -0.3 is 43.7 Å².